The van der Waals surface area contributed by atoms with Gasteiger partial charge in [0, 0.05) is 11.1 Å². The monoisotopic (exact) mass is 311 g/mol. The zero-order valence-electron chi connectivity index (χ0n) is 9.83. The predicted molar refractivity (Wildman–Crippen MR) is 68.6 cm³/mol. The highest BCUT2D eigenvalue weighted by Gasteiger charge is 2.28. The highest BCUT2D eigenvalue weighted by molar-refractivity contribution is 7.91. The highest BCUT2D eigenvalue weighted by atomic mass is 32.2. The molecule has 1 rings (SSSR count). The van der Waals surface area contributed by atoms with E-state index >= 15 is 0 Å². The third kappa shape index (κ3) is 3.16. The predicted octanol–water partition coefficient (Wildman–Crippen LogP) is 0.700. The lowest BCUT2D eigenvalue weighted by Crippen LogP contribution is -2.18. The van der Waals surface area contributed by atoms with E-state index in [9.17, 15) is 17.4 Å². The summed E-state index contributed by atoms with van der Waals surface area (Å²) in [6.45, 7) is 1.82. The molecule has 1 heterocycles. The summed E-state index contributed by atoms with van der Waals surface area (Å²) in [5, 5.41) is 6.44. The summed E-state index contributed by atoms with van der Waals surface area (Å²) in [6, 6.07) is 0. The molecule has 1 aromatic heterocycles. The maximum absolute atomic E-state index is 11.9. The van der Waals surface area contributed by atoms with Crippen molar-refractivity contribution in [2.75, 3.05) is 12.9 Å². The normalized spacial score (nSPS) is 13.3. The molecule has 0 aromatic carbocycles. The number of methoxy groups -OCH3 is 1. The Morgan fingerprint density at radius 2 is 2.17 bits per heavy atom. The molecule has 0 amide bonds. The summed E-state index contributed by atoms with van der Waals surface area (Å²) in [4.78, 5) is 11.0. The number of ether oxygens (including phenoxy) is 1. The molecule has 1 unspecified atom stereocenters. The lowest BCUT2D eigenvalue weighted by Gasteiger charge is -2.03. The zero-order chi connectivity index (χ0) is 13.9. The third-order valence-electron chi connectivity index (χ3n) is 2.00. The molecule has 0 saturated heterocycles. The molecule has 0 saturated carbocycles. The first-order valence-electron chi connectivity index (χ1n) is 4.93. The first kappa shape index (κ1) is 15.3. The Kier molecular flexibility index (Phi) is 5.02. The van der Waals surface area contributed by atoms with Crippen molar-refractivity contribution < 1.29 is 22.2 Å². The van der Waals surface area contributed by atoms with E-state index in [1.54, 1.807) is 0 Å². The molecular formula is C9H13NO5S3. The number of carbonyl (C=O) groups is 1. The molecule has 0 aliphatic carbocycles. The largest absolute Gasteiger partial charge is 0.465 e. The Labute approximate surface area is 112 Å². The summed E-state index contributed by atoms with van der Waals surface area (Å²) in [5.74, 6) is -0.497. The molecule has 0 aliphatic rings. The van der Waals surface area contributed by atoms with Gasteiger partial charge in [-0.1, -0.05) is 6.92 Å². The Hall–Kier alpha value is -0.770. The van der Waals surface area contributed by atoms with Gasteiger partial charge in [0.25, 0.3) is 0 Å². The van der Waals surface area contributed by atoms with Crippen LogP contribution in [0.25, 0.3) is 0 Å². The summed E-state index contributed by atoms with van der Waals surface area (Å²) >= 11 is 0.863. The van der Waals surface area contributed by atoms with E-state index in [1.165, 1.54) is 5.38 Å². The van der Waals surface area contributed by atoms with Crippen molar-refractivity contribution in [3.63, 3.8) is 0 Å². The van der Waals surface area contributed by atoms with Crippen LogP contribution in [0.2, 0.25) is 0 Å². The molecule has 1 aromatic rings. The van der Waals surface area contributed by atoms with Crippen molar-refractivity contribution in [2.45, 2.75) is 23.1 Å². The van der Waals surface area contributed by atoms with E-state index in [1.807, 2.05) is 6.92 Å². The van der Waals surface area contributed by atoms with Crippen LogP contribution < -0.4 is 5.14 Å². The Morgan fingerprint density at radius 1 is 1.56 bits per heavy atom. The number of rotatable bonds is 5. The molecule has 0 aliphatic heterocycles. The molecule has 2 N–H and O–H groups in total. The minimum atomic E-state index is -4.12. The summed E-state index contributed by atoms with van der Waals surface area (Å²) < 4.78 is 39.4. The van der Waals surface area contributed by atoms with Gasteiger partial charge in [0.15, 0.2) is 0 Å². The van der Waals surface area contributed by atoms with E-state index in [2.05, 4.69) is 4.74 Å². The number of nitrogens with two attached hydrogens (primary N) is 1. The number of sulfonamides is 1. The van der Waals surface area contributed by atoms with Crippen LogP contribution in [0, 0.1) is 0 Å². The second-order valence-corrected chi connectivity index (χ2v) is 7.26. The van der Waals surface area contributed by atoms with Crippen LogP contribution in [0.5, 0.6) is 0 Å². The van der Waals surface area contributed by atoms with Gasteiger partial charge >= 0.3 is 5.97 Å². The molecule has 18 heavy (non-hydrogen) atoms. The van der Waals surface area contributed by atoms with Crippen LogP contribution in [-0.2, 0) is 25.6 Å². The lowest BCUT2D eigenvalue weighted by atomic mass is 10.5. The molecule has 0 radical (unpaired) electrons. The topological polar surface area (TPSA) is 104 Å². The maximum Gasteiger partial charge on any atom is 0.349 e. The lowest BCUT2D eigenvalue weighted by molar-refractivity contribution is 0.0602. The fraction of sp³-hybridized carbons (Fsp3) is 0.444. The van der Waals surface area contributed by atoms with Gasteiger partial charge in [-0.3, -0.25) is 4.21 Å². The van der Waals surface area contributed by atoms with Gasteiger partial charge in [-0.25, -0.2) is 18.4 Å². The van der Waals surface area contributed by atoms with E-state index in [0.717, 1.165) is 18.4 Å². The Balaban J connectivity index is 3.43. The van der Waals surface area contributed by atoms with Crippen LogP contribution in [0.4, 0.5) is 0 Å². The van der Waals surface area contributed by atoms with Gasteiger partial charge < -0.3 is 4.74 Å². The highest BCUT2D eigenvalue weighted by Crippen LogP contribution is 2.30. The molecule has 1 atom stereocenters. The van der Waals surface area contributed by atoms with Crippen molar-refractivity contribution >= 4 is 38.1 Å². The van der Waals surface area contributed by atoms with Crippen LogP contribution in [0.3, 0.4) is 0 Å². The van der Waals surface area contributed by atoms with E-state index in [-0.39, 0.29) is 14.7 Å². The van der Waals surface area contributed by atoms with Crippen molar-refractivity contribution in [1.29, 1.82) is 0 Å². The number of primary sulfonamides is 1. The van der Waals surface area contributed by atoms with Crippen molar-refractivity contribution in [3.8, 4) is 0 Å². The molecule has 6 nitrogen and oxygen atoms in total. The Morgan fingerprint density at radius 3 is 2.61 bits per heavy atom. The molecule has 102 valence electrons. The van der Waals surface area contributed by atoms with Gasteiger partial charge in [-0.2, -0.15) is 0 Å². The maximum atomic E-state index is 11.9. The number of hydrogen-bond donors (Lipinski definition) is 1. The molecule has 0 spiro atoms. The molecular weight excluding hydrogens is 298 g/mol. The van der Waals surface area contributed by atoms with Gasteiger partial charge in [0.05, 0.1) is 22.8 Å². The molecule has 9 heteroatoms. The standard InChI is InChI=1S/C9H13NO5S3/c1-3-4-17(12)6-5-16-7(9(11)15-2)8(6)18(10,13)14/h5H,3-4H2,1-2H3,(H2,10,13,14). The summed E-state index contributed by atoms with van der Waals surface area (Å²) in [7, 11) is -4.48. The van der Waals surface area contributed by atoms with Crippen LogP contribution >= 0.6 is 11.3 Å². The second-order valence-electron chi connectivity index (χ2n) is 3.34. The number of carbonyl (C=O) groups excluding carboxylic acids is 1. The van der Waals surface area contributed by atoms with E-state index in [4.69, 9.17) is 5.14 Å². The van der Waals surface area contributed by atoms with E-state index < -0.39 is 26.8 Å². The third-order valence-corrected chi connectivity index (χ3v) is 5.96. The number of thiophene rings is 1. The van der Waals surface area contributed by atoms with Crippen LogP contribution in [0.15, 0.2) is 15.2 Å². The van der Waals surface area contributed by atoms with Crippen molar-refractivity contribution in [2.24, 2.45) is 5.14 Å². The number of hydrogen-bond acceptors (Lipinski definition) is 6. The Bertz CT molecular complexity index is 575. The van der Waals surface area contributed by atoms with Crippen LogP contribution in [0.1, 0.15) is 23.0 Å². The summed E-state index contributed by atoms with van der Waals surface area (Å²) in [5.41, 5.74) is 0. The fourth-order valence-corrected chi connectivity index (χ4v) is 5.44. The minimum absolute atomic E-state index is 0.0738. The number of esters is 1. The summed E-state index contributed by atoms with van der Waals surface area (Å²) in [6.07, 6.45) is 0.625. The van der Waals surface area contributed by atoms with Gasteiger partial charge in [0.1, 0.15) is 9.77 Å². The average molecular weight is 311 g/mol. The minimum Gasteiger partial charge on any atom is -0.465 e. The average Bonchev–Trinajstić information content (AvgIpc) is 2.72. The van der Waals surface area contributed by atoms with Gasteiger partial charge in [-0.15, -0.1) is 11.3 Å². The SMILES string of the molecule is CCCS(=O)c1csc(C(=O)OC)c1S(N)(=O)=O. The second kappa shape index (κ2) is 5.91. The van der Waals surface area contributed by atoms with Crippen LogP contribution in [-0.4, -0.2) is 31.5 Å². The van der Waals surface area contributed by atoms with Gasteiger partial charge in [0.2, 0.25) is 10.0 Å². The van der Waals surface area contributed by atoms with Crippen molar-refractivity contribution in [3.05, 3.63) is 10.3 Å². The quantitative estimate of drug-likeness (QED) is 0.806. The first-order valence-corrected chi connectivity index (χ1v) is 8.68. The first-order chi connectivity index (χ1) is 8.32. The fourth-order valence-electron chi connectivity index (χ4n) is 1.29. The van der Waals surface area contributed by atoms with E-state index in [0.29, 0.717) is 12.2 Å². The smallest absolute Gasteiger partial charge is 0.349 e. The molecule has 0 bridgehead atoms. The van der Waals surface area contributed by atoms with Crippen molar-refractivity contribution in [1.82, 2.24) is 0 Å². The molecule has 0 fully saturated rings. The zero-order valence-corrected chi connectivity index (χ0v) is 12.3. The van der Waals surface area contributed by atoms with Gasteiger partial charge in [-0.05, 0) is 6.42 Å².